The lowest BCUT2D eigenvalue weighted by molar-refractivity contribution is -0.140. The zero-order valence-electron chi connectivity index (χ0n) is 23.3. The summed E-state index contributed by atoms with van der Waals surface area (Å²) in [6.45, 7) is -0.368. The maximum Gasteiger partial charge on any atom is 0.244 e. The maximum absolute atomic E-state index is 14.1. The molecule has 0 bridgehead atoms. The number of hydrogen-bond acceptors (Lipinski definition) is 5. The zero-order chi connectivity index (χ0) is 29.4. The second kappa shape index (κ2) is 13.9. The Morgan fingerprint density at radius 2 is 1.59 bits per heavy atom. The minimum Gasteiger partial charge on any atom is -0.495 e. The fraction of sp³-hybridized carbons (Fsp3) is 0.355. The van der Waals surface area contributed by atoms with Crippen molar-refractivity contribution in [3.05, 3.63) is 95.0 Å². The van der Waals surface area contributed by atoms with Crippen molar-refractivity contribution in [2.75, 3.05) is 24.2 Å². The van der Waals surface area contributed by atoms with Crippen molar-refractivity contribution in [3.8, 4) is 5.75 Å². The fourth-order valence-electron chi connectivity index (χ4n) is 5.13. The molecule has 1 fully saturated rings. The number of nitrogens with one attached hydrogen (secondary N) is 1. The van der Waals surface area contributed by atoms with Gasteiger partial charge in [-0.1, -0.05) is 85.1 Å². The second-order valence-corrected chi connectivity index (χ2v) is 12.6. The molecule has 10 heteroatoms. The quantitative estimate of drug-likeness (QED) is 0.323. The molecule has 1 aliphatic carbocycles. The van der Waals surface area contributed by atoms with Gasteiger partial charge in [-0.15, -0.1) is 0 Å². The van der Waals surface area contributed by atoms with Crippen molar-refractivity contribution in [3.63, 3.8) is 0 Å². The van der Waals surface area contributed by atoms with Crippen LogP contribution in [0.4, 0.5) is 5.69 Å². The lowest BCUT2D eigenvalue weighted by atomic mass is 10.0. The fourth-order valence-corrected chi connectivity index (χ4v) is 6.22. The van der Waals surface area contributed by atoms with Crippen LogP contribution in [0, 0.1) is 0 Å². The molecule has 0 aromatic heterocycles. The number of nitrogens with zero attached hydrogens (tertiary/aromatic N) is 2. The van der Waals surface area contributed by atoms with E-state index in [1.165, 1.54) is 24.1 Å². The normalized spacial score (nSPS) is 14.3. The summed E-state index contributed by atoms with van der Waals surface area (Å²) >= 11 is 6.30. The minimum atomic E-state index is -3.89. The number of sulfonamides is 1. The molecule has 0 aliphatic heterocycles. The third-order valence-electron chi connectivity index (χ3n) is 7.27. The first-order valence-electron chi connectivity index (χ1n) is 13.6. The van der Waals surface area contributed by atoms with E-state index < -0.39 is 28.5 Å². The van der Waals surface area contributed by atoms with Crippen LogP contribution >= 0.6 is 11.6 Å². The van der Waals surface area contributed by atoms with Gasteiger partial charge in [0.05, 0.1) is 24.1 Å². The van der Waals surface area contributed by atoms with Gasteiger partial charge in [0.15, 0.2) is 0 Å². The van der Waals surface area contributed by atoms with Gasteiger partial charge in [-0.2, -0.15) is 0 Å². The van der Waals surface area contributed by atoms with E-state index in [1.807, 2.05) is 60.7 Å². The molecule has 41 heavy (non-hydrogen) atoms. The number of methoxy groups -OCH3 is 1. The summed E-state index contributed by atoms with van der Waals surface area (Å²) in [5.41, 5.74) is 1.94. The van der Waals surface area contributed by atoms with Crippen LogP contribution in [0.5, 0.6) is 5.75 Å². The molecular formula is C31H36ClN3O5S. The molecule has 2 amide bonds. The number of carbonyl (C=O) groups excluding carboxylic acids is 2. The number of carbonyl (C=O) groups is 2. The molecule has 3 aromatic rings. The van der Waals surface area contributed by atoms with Gasteiger partial charge in [0.25, 0.3) is 0 Å². The second-order valence-electron chi connectivity index (χ2n) is 10.3. The molecular weight excluding hydrogens is 562 g/mol. The van der Waals surface area contributed by atoms with Crippen LogP contribution in [0.2, 0.25) is 5.02 Å². The van der Waals surface area contributed by atoms with Gasteiger partial charge in [-0.25, -0.2) is 8.42 Å². The predicted molar refractivity (Wildman–Crippen MR) is 162 cm³/mol. The van der Waals surface area contributed by atoms with E-state index in [2.05, 4.69) is 5.32 Å². The first kappa shape index (κ1) is 30.4. The minimum absolute atomic E-state index is 0.0587. The Kier molecular flexibility index (Phi) is 10.3. The van der Waals surface area contributed by atoms with Gasteiger partial charge in [-0.05, 0) is 42.2 Å². The van der Waals surface area contributed by atoms with Gasteiger partial charge in [0.1, 0.15) is 18.3 Å². The third kappa shape index (κ3) is 8.24. The van der Waals surface area contributed by atoms with Crippen molar-refractivity contribution >= 4 is 39.1 Å². The van der Waals surface area contributed by atoms with Crippen LogP contribution in [0.3, 0.4) is 0 Å². The first-order chi connectivity index (χ1) is 19.7. The molecule has 0 saturated heterocycles. The standard InChI is InChI=1S/C31H36ClN3O5S/c1-40-29-18-17-26(20-27(29)32)35(41(2,38)39)22-30(36)34(21-24-13-7-4-8-14-24)28(19-23-11-5-3-6-12-23)31(37)33-25-15-9-10-16-25/h3-8,11-14,17-18,20,25,28H,9-10,15-16,19,21-22H2,1-2H3,(H,33,37)/t28-/m0/s1. The highest BCUT2D eigenvalue weighted by molar-refractivity contribution is 7.92. The number of rotatable bonds is 12. The van der Waals surface area contributed by atoms with E-state index in [0.29, 0.717) is 5.75 Å². The van der Waals surface area contributed by atoms with Crippen molar-refractivity contribution in [1.82, 2.24) is 10.2 Å². The summed E-state index contributed by atoms with van der Waals surface area (Å²) in [5, 5.41) is 3.37. The molecule has 0 heterocycles. The van der Waals surface area contributed by atoms with E-state index >= 15 is 0 Å². The van der Waals surface area contributed by atoms with Gasteiger partial charge >= 0.3 is 0 Å². The predicted octanol–water partition coefficient (Wildman–Crippen LogP) is 4.81. The number of amides is 2. The Hall–Kier alpha value is -3.56. The number of benzene rings is 3. The van der Waals surface area contributed by atoms with E-state index in [-0.39, 0.29) is 35.6 Å². The number of ether oxygens (including phenoxy) is 1. The Morgan fingerprint density at radius 1 is 0.976 bits per heavy atom. The molecule has 1 aliphatic rings. The third-order valence-corrected chi connectivity index (χ3v) is 8.71. The average Bonchev–Trinajstić information content (AvgIpc) is 3.47. The van der Waals surface area contributed by atoms with E-state index in [4.69, 9.17) is 16.3 Å². The van der Waals surface area contributed by atoms with Crippen LogP contribution in [0.15, 0.2) is 78.9 Å². The van der Waals surface area contributed by atoms with Gasteiger partial charge in [0, 0.05) is 19.0 Å². The Morgan fingerprint density at radius 3 is 2.15 bits per heavy atom. The van der Waals surface area contributed by atoms with Gasteiger partial charge < -0.3 is 15.0 Å². The summed E-state index contributed by atoms with van der Waals surface area (Å²) in [6, 6.07) is 22.6. The zero-order valence-corrected chi connectivity index (χ0v) is 24.9. The summed E-state index contributed by atoms with van der Waals surface area (Å²) in [7, 11) is -2.43. The number of halogens is 1. The van der Waals surface area contributed by atoms with Crippen molar-refractivity contribution in [2.45, 2.75) is 50.7 Å². The summed E-state index contributed by atoms with van der Waals surface area (Å²) in [5.74, 6) is -0.371. The maximum atomic E-state index is 14.1. The summed E-state index contributed by atoms with van der Waals surface area (Å²) in [6.07, 6.45) is 5.22. The van der Waals surface area contributed by atoms with Crippen molar-refractivity contribution in [2.24, 2.45) is 0 Å². The van der Waals surface area contributed by atoms with E-state index in [0.717, 1.165) is 47.4 Å². The van der Waals surface area contributed by atoms with Crippen LogP contribution in [0.1, 0.15) is 36.8 Å². The SMILES string of the molecule is COc1ccc(N(CC(=O)N(Cc2ccccc2)[C@@H](Cc2ccccc2)C(=O)NC2CCCC2)S(C)(=O)=O)cc1Cl. The molecule has 1 atom stereocenters. The molecule has 1 saturated carbocycles. The molecule has 0 spiro atoms. The van der Waals surface area contributed by atoms with Crippen LogP contribution in [0.25, 0.3) is 0 Å². The summed E-state index contributed by atoms with van der Waals surface area (Å²) in [4.78, 5) is 29.5. The molecule has 1 N–H and O–H groups in total. The van der Waals surface area contributed by atoms with E-state index in [1.54, 1.807) is 6.07 Å². The molecule has 4 rings (SSSR count). The smallest absolute Gasteiger partial charge is 0.244 e. The average molecular weight is 598 g/mol. The number of hydrogen-bond donors (Lipinski definition) is 1. The van der Waals surface area contributed by atoms with Crippen LogP contribution in [-0.2, 0) is 32.6 Å². The van der Waals surface area contributed by atoms with Gasteiger partial charge in [-0.3, -0.25) is 13.9 Å². The monoisotopic (exact) mass is 597 g/mol. The molecule has 218 valence electrons. The highest BCUT2D eigenvalue weighted by atomic mass is 35.5. The van der Waals surface area contributed by atoms with Gasteiger partial charge in [0.2, 0.25) is 21.8 Å². The Balaban J connectivity index is 1.71. The largest absolute Gasteiger partial charge is 0.495 e. The van der Waals surface area contributed by atoms with Crippen LogP contribution < -0.4 is 14.4 Å². The lowest BCUT2D eigenvalue weighted by Crippen LogP contribution is -2.54. The number of anilines is 1. The van der Waals surface area contributed by atoms with E-state index in [9.17, 15) is 18.0 Å². The van der Waals surface area contributed by atoms with Crippen molar-refractivity contribution < 1.29 is 22.7 Å². The topological polar surface area (TPSA) is 96.0 Å². The lowest BCUT2D eigenvalue weighted by Gasteiger charge is -2.34. The summed E-state index contributed by atoms with van der Waals surface area (Å²) < 4.78 is 32.1. The highest BCUT2D eigenvalue weighted by Crippen LogP contribution is 2.30. The molecule has 3 aromatic carbocycles. The Bertz CT molecular complexity index is 1430. The molecule has 0 radical (unpaired) electrons. The molecule has 0 unspecified atom stereocenters. The van der Waals surface area contributed by atoms with Crippen molar-refractivity contribution in [1.29, 1.82) is 0 Å². The molecule has 8 nitrogen and oxygen atoms in total. The highest BCUT2D eigenvalue weighted by Gasteiger charge is 2.34. The Labute approximate surface area is 247 Å². The first-order valence-corrected chi connectivity index (χ1v) is 15.9. The van der Waals surface area contributed by atoms with Crippen LogP contribution in [-0.4, -0.2) is 57.1 Å².